The highest BCUT2D eigenvalue weighted by Gasteiger charge is 2.17. The van der Waals surface area contributed by atoms with Crippen molar-refractivity contribution in [2.75, 3.05) is 48.5 Å². The highest BCUT2D eigenvalue weighted by Crippen LogP contribution is 2.31. The Bertz CT molecular complexity index is 855. The van der Waals surface area contributed by atoms with Gasteiger partial charge in [-0.2, -0.15) is 0 Å². The number of aryl methyl sites for hydroxylation is 1. The van der Waals surface area contributed by atoms with Crippen LogP contribution in [0.1, 0.15) is 22.7 Å². The number of methoxy groups -OCH3 is 2. The van der Waals surface area contributed by atoms with E-state index in [1.54, 1.807) is 27.3 Å². The molecule has 0 saturated heterocycles. The van der Waals surface area contributed by atoms with Crippen LogP contribution in [-0.2, 0) is 6.42 Å². The number of benzene rings is 2. The Kier molecular flexibility index (Phi) is 8.92. The zero-order valence-electron chi connectivity index (χ0n) is 18.8. The standard InChI is InChI=1S/C23H33FN4O2/c1-16-13-19(24)9-7-17(16)11-12-26-23(25-2)27-15-20(28(3)4)18-8-10-21(29-5)22(14-18)30-6/h7-10,13-14,20H,11-12,15H2,1-6H3,(H2,25,26,27). The summed E-state index contributed by atoms with van der Waals surface area (Å²) in [6, 6.07) is 11.0. The maximum atomic E-state index is 13.3. The van der Waals surface area contributed by atoms with E-state index in [0.717, 1.165) is 29.1 Å². The smallest absolute Gasteiger partial charge is 0.191 e. The van der Waals surface area contributed by atoms with Crippen LogP contribution < -0.4 is 20.1 Å². The van der Waals surface area contributed by atoms with Crippen molar-refractivity contribution in [1.29, 1.82) is 0 Å². The lowest BCUT2D eigenvalue weighted by molar-refractivity contribution is 0.295. The fourth-order valence-corrected chi connectivity index (χ4v) is 3.33. The molecule has 2 N–H and O–H groups in total. The topological polar surface area (TPSA) is 58.1 Å². The molecule has 0 amide bonds. The maximum absolute atomic E-state index is 13.3. The molecule has 0 aliphatic rings. The van der Waals surface area contributed by atoms with Gasteiger partial charge in [0.05, 0.1) is 20.3 Å². The number of rotatable bonds is 9. The van der Waals surface area contributed by atoms with Gasteiger partial charge in [0.2, 0.25) is 0 Å². The van der Waals surface area contributed by atoms with E-state index in [1.807, 2.05) is 45.3 Å². The molecule has 7 heteroatoms. The number of halogens is 1. The van der Waals surface area contributed by atoms with Crippen molar-refractivity contribution in [3.8, 4) is 11.5 Å². The zero-order chi connectivity index (χ0) is 22.1. The maximum Gasteiger partial charge on any atom is 0.191 e. The van der Waals surface area contributed by atoms with Crippen molar-refractivity contribution in [2.24, 2.45) is 4.99 Å². The van der Waals surface area contributed by atoms with Gasteiger partial charge in [-0.15, -0.1) is 0 Å². The fourth-order valence-electron chi connectivity index (χ4n) is 3.33. The lowest BCUT2D eigenvalue weighted by Gasteiger charge is -2.26. The van der Waals surface area contributed by atoms with Gasteiger partial charge in [0.15, 0.2) is 17.5 Å². The molecule has 0 bridgehead atoms. The molecular formula is C23H33FN4O2. The molecule has 2 aromatic rings. The number of hydrogen-bond acceptors (Lipinski definition) is 4. The second-order valence-electron chi connectivity index (χ2n) is 7.29. The summed E-state index contributed by atoms with van der Waals surface area (Å²) in [5, 5.41) is 6.72. The molecule has 2 aromatic carbocycles. The fraction of sp³-hybridized carbons (Fsp3) is 0.435. The van der Waals surface area contributed by atoms with Gasteiger partial charge in [0.1, 0.15) is 5.82 Å². The van der Waals surface area contributed by atoms with Gasteiger partial charge in [-0.25, -0.2) is 4.39 Å². The van der Waals surface area contributed by atoms with Crippen LogP contribution in [0.4, 0.5) is 4.39 Å². The second-order valence-corrected chi connectivity index (χ2v) is 7.29. The summed E-state index contributed by atoms with van der Waals surface area (Å²) >= 11 is 0. The monoisotopic (exact) mass is 416 g/mol. The molecule has 164 valence electrons. The molecule has 6 nitrogen and oxygen atoms in total. The van der Waals surface area contributed by atoms with Crippen LogP contribution >= 0.6 is 0 Å². The van der Waals surface area contributed by atoms with Gasteiger partial charge in [-0.05, 0) is 68.4 Å². The van der Waals surface area contributed by atoms with E-state index in [0.29, 0.717) is 24.6 Å². The first-order valence-electron chi connectivity index (χ1n) is 9.97. The summed E-state index contributed by atoms with van der Waals surface area (Å²) in [6.45, 7) is 3.29. The Morgan fingerprint density at radius 1 is 1.07 bits per heavy atom. The van der Waals surface area contributed by atoms with Gasteiger partial charge in [0, 0.05) is 20.1 Å². The average molecular weight is 417 g/mol. The van der Waals surface area contributed by atoms with Gasteiger partial charge in [-0.1, -0.05) is 12.1 Å². The lowest BCUT2D eigenvalue weighted by atomic mass is 10.0. The Hall–Kier alpha value is -2.80. The summed E-state index contributed by atoms with van der Waals surface area (Å²) in [6.07, 6.45) is 0.791. The third-order valence-electron chi connectivity index (χ3n) is 5.09. The summed E-state index contributed by atoms with van der Waals surface area (Å²) < 4.78 is 24.0. The van der Waals surface area contributed by atoms with Crippen LogP contribution in [0.3, 0.4) is 0 Å². The Morgan fingerprint density at radius 2 is 1.80 bits per heavy atom. The quantitative estimate of drug-likeness (QED) is 0.486. The number of nitrogens with zero attached hydrogens (tertiary/aromatic N) is 2. The summed E-state index contributed by atoms with van der Waals surface area (Å²) in [5.41, 5.74) is 3.19. The molecule has 0 spiro atoms. The van der Waals surface area contributed by atoms with Crippen LogP contribution in [0.25, 0.3) is 0 Å². The van der Waals surface area contributed by atoms with Gasteiger partial charge in [-0.3, -0.25) is 4.99 Å². The molecule has 0 aliphatic heterocycles. The van der Waals surface area contributed by atoms with Crippen molar-refractivity contribution in [1.82, 2.24) is 15.5 Å². The molecule has 1 unspecified atom stereocenters. The van der Waals surface area contributed by atoms with Gasteiger partial charge in [0.25, 0.3) is 0 Å². The van der Waals surface area contributed by atoms with E-state index in [-0.39, 0.29) is 11.9 Å². The Labute approximate surface area is 179 Å². The second kappa shape index (κ2) is 11.4. The molecule has 0 fully saturated rings. The predicted molar refractivity (Wildman–Crippen MR) is 120 cm³/mol. The molecule has 0 radical (unpaired) electrons. The molecular weight excluding hydrogens is 383 g/mol. The minimum Gasteiger partial charge on any atom is -0.493 e. The van der Waals surface area contributed by atoms with Crippen LogP contribution in [0.5, 0.6) is 11.5 Å². The number of likely N-dealkylation sites (N-methyl/N-ethyl adjacent to an activating group) is 1. The van der Waals surface area contributed by atoms with E-state index in [1.165, 1.54) is 6.07 Å². The molecule has 0 aromatic heterocycles. The number of guanidine groups is 1. The first-order chi connectivity index (χ1) is 14.4. The number of hydrogen-bond donors (Lipinski definition) is 2. The van der Waals surface area contributed by atoms with Crippen molar-refractivity contribution >= 4 is 5.96 Å². The van der Waals surface area contributed by atoms with E-state index < -0.39 is 0 Å². The first kappa shape index (κ1) is 23.5. The Balaban J connectivity index is 1.97. The number of ether oxygens (including phenoxy) is 2. The average Bonchev–Trinajstić information content (AvgIpc) is 2.73. The SMILES string of the molecule is CN=C(NCCc1ccc(F)cc1C)NCC(c1ccc(OC)c(OC)c1)N(C)C. The van der Waals surface area contributed by atoms with E-state index in [2.05, 4.69) is 20.5 Å². The largest absolute Gasteiger partial charge is 0.493 e. The highest BCUT2D eigenvalue weighted by molar-refractivity contribution is 5.79. The summed E-state index contributed by atoms with van der Waals surface area (Å²) in [5.74, 6) is 1.94. The lowest BCUT2D eigenvalue weighted by Crippen LogP contribution is -2.42. The minimum atomic E-state index is -0.202. The van der Waals surface area contributed by atoms with E-state index in [4.69, 9.17) is 9.47 Å². The first-order valence-corrected chi connectivity index (χ1v) is 9.97. The van der Waals surface area contributed by atoms with Crippen molar-refractivity contribution in [3.63, 3.8) is 0 Å². The molecule has 2 rings (SSSR count). The van der Waals surface area contributed by atoms with E-state index in [9.17, 15) is 4.39 Å². The molecule has 30 heavy (non-hydrogen) atoms. The van der Waals surface area contributed by atoms with Crippen molar-refractivity contribution < 1.29 is 13.9 Å². The molecule has 0 heterocycles. The van der Waals surface area contributed by atoms with Crippen molar-refractivity contribution in [3.05, 3.63) is 58.9 Å². The number of aliphatic imine (C=N–C) groups is 1. The third-order valence-corrected chi connectivity index (χ3v) is 5.09. The predicted octanol–water partition coefficient (Wildman–Crippen LogP) is 3.16. The van der Waals surface area contributed by atoms with Crippen LogP contribution in [0, 0.1) is 12.7 Å². The van der Waals surface area contributed by atoms with Gasteiger partial charge < -0.3 is 25.0 Å². The number of nitrogens with one attached hydrogen (secondary N) is 2. The molecule has 1 atom stereocenters. The van der Waals surface area contributed by atoms with Crippen LogP contribution in [-0.4, -0.2) is 59.3 Å². The molecule has 0 aliphatic carbocycles. The van der Waals surface area contributed by atoms with Crippen LogP contribution in [0.15, 0.2) is 41.4 Å². The van der Waals surface area contributed by atoms with E-state index >= 15 is 0 Å². The zero-order valence-corrected chi connectivity index (χ0v) is 18.8. The van der Waals surface area contributed by atoms with Crippen molar-refractivity contribution in [2.45, 2.75) is 19.4 Å². The normalized spacial score (nSPS) is 12.6. The molecule has 0 saturated carbocycles. The Morgan fingerprint density at radius 3 is 2.40 bits per heavy atom. The summed E-state index contributed by atoms with van der Waals surface area (Å²) in [7, 11) is 9.09. The van der Waals surface area contributed by atoms with Crippen LogP contribution in [0.2, 0.25) is 0 Å². The van der Waals surface area contributed by atoms with Gasteiger partial charge >= 0.3 is 0 Å². The highest BCUT2D eigenvalue weighted by atomic mass is 19.1. The third kappa shape index (κ3) is 6.35. The summed E-state index contributed by atoms with van der Waals surface area (Å²) in [4.78, 5) is 6.46. The minimum absolute atomic E-state index is 0.114.